The molecule has 1 amide bonds. The summed E-state index contributed by atoms with van der Waals surface area (Å²) in [5.74, 6) is -0.485. The van der Waals surface area contributed by atoms with Gasteiger partial charge in [0.2, 0.25) is 0 Å². The number of carbonyl (C=O) groups excluding carboxylic acids is 1. The zero-order valence-electron chi connectivity index (χ0n) is 11.9. The molecule has 1 aromatic rings. The third-order valence-electron chi connectivity index (χ3n) is 2.51. The van der Waals surface area contributed by atoms with Gasteiger partial charge in [-0.05, 0) is 51.0 Å². The summed E-state index contributed by atoms with van der Waals surface area (Å²) in [6.07, 6.45) is -0.372. The third kappa shape index (κ3) is 5.44. The lowest BCUT2D eigenvalue weighted by molar-refractivity contribution is 0.0505. The normalized spacial score (nSPS) is 12.8. The second-order valence-electron chi connectivity index (χ2n) is 5.56. The number of halogens is 1. The number of phenols is 1. The van der Waals surface area contributed by atoms with Gasteiger partial charge in [0, 0.05) is 12.6 Å². The molecule has 0 saturated heterocycles. The Morgan fingerprint density at radius 2 is 2.15 bits per heavy atom. The average Bonchev–Trinajstić information content (AvgIpc) is 2.30. The molecular formula is C14H21FN2O3. The Morgan fingerprint density at radius 1 is 1.50 bits per heavy atom. The smallest absolute Gasteiger partial charge is 0.407 e. The molecule has 1 unspecified atom stereocenters. The van der Waals surface area contributed by atoms with Gasteiger partial charge in [0.1, 0.15) is 17.2 Å². The summed E-state index contributed by atoms with van der Waals surface area (Å²) in [5, 5.41) is 12.2. The Labute approximate surface area is 117 Å². The number of phenolic OH excluding ortho intramolecular Hbond substituents is 1. The quantitative estimate of drug-likeness (QED) is 0.788. The highest BCUT2D eigenvalue weighted by Crippen LogP contribution is 2.19. The highest BCUT2D eigenvalue weighted by molar-refractivity contribution is 5.68. The number of hydrogen-bond acceptors (Lipinski definition) is 4. The number of nitrogens with two attached hydrogens (primary N) is 1. The number of ether oxygens (including phenoxy) is 1. The van der Waals surface area contributed by atoms with Crippen LogP contribution in [0.1, 0.15) is 26.3 Å². The minimum absolute atomic E-state index is 0.0316. The molecule has 0 heterocycles. The fourth-order valence-electron chi connectivity index (χ4n) is 1.65. The minimum Gasteiger partial charge on any atom is -0.508 e. The largest absolute Gasteiger partial charge is 0.508 e. The second-order valence-corrected chi connectivity index (χ2v) is 5.56. The Balaban J connectivity index is 2.68. The maximum absolute atomic E-state index is 13.1. The molecule has 0 aromatic heterocycles. The highest BCUT2D eigenvalue weighted by Gasteiger charge is 2.19. The van der Waals surface area contributed by atoms with Gasteiger partial charge in [-0.2, -0.15) is 0 Å². The number of amides is 1. The van der Waals surface area contributed by atoms with E-state index in [0.717, 1.165) is 6.07 Å². The monoisotopic (exact) mass is 284 g/mol. The van der Waals surface area contributed by atoms with Crippen LogP contribution >= 0.6 is 0 Å². The molecule has 0 bridgehead atoms. The Morgan fingerprint density at radius 3 is 2.70 bits per heavy atom. The van der Waals surface area contributed by atoms with E-state index in [1.165, 1.54) is 12.1 Å². The first-order valence-electron chi connectivity index (χ1n) is 6.38. The number of benzene rings is 1. The fraction of sp³-hybridized carbons (Fsp3) is 0.500. The minimum atomic E-state index is -0.607. The molecule has 5 nitrogen and oxygen atoms in total. The summed E-state index contributed by atoms with van der Waals surface area (Å²) in [6.45, 7) is 5.41. The van der Waals surface area contributed by atoms with Gasteiger partial charge >= 0.3 is 6.09 Å². The summed E-state index contributed by atoms with van der Waals surface area (Å²) >= 11 is 0. The summed E-state index contributed by atoms with van der Waals surface area (Å²) < 4.78 is 18.3. The van der Waals surface area contributed by atoms with E-state index in [0.29, 0.717) is 5.56 Å². The maximum atomic E-state index is 13.1. The van der Waals surface area contributed by atoms with Crippen LogP contribution in [0, 0.1) is 5.82 Å². The zero-order valence-corrected chi connectivity index (χ0v) is 11.9. The second kappa shape index (κ2) is 6.56. The lowest BCUT2D eigenvalue weighted by Gasteiger charge is -2.23. The number of hydrogen-bond donors (Lipinski definition) is 3. The molecule has 0 saturated carbocycles. The molecule has 1 atom stereocenters. The first-order valence-corrected chi connectivity index (χ1v) is 6.38. The van der Waals surface area contributed by atoms with Gasteiger partial charge in [-0.15, -0.1) is 0 Å². The van der Waals surface area contributed by atoms with Crippen molar-refractivity contribution in [2.45, 2.75) is 38.8 Å². The van der Waals surface area contributed by atoms with Crippen molar-refractivity contribution >= 4 is 6.09 Å². The summed E-state index contributed by atoms with van der Waals surface area (Å²) in [5.41, 5.74) is 5.35. The molecule has 1 rings (SSSR count). The summed E-state index contributed by atoms with van der Waals surface area (Å²) in [6, 6.07) is 3.20. The predicted octanol–water partition coefficient (Wildman–Crippen LogP) is 1.93. The third-order valence-corrected chi connectivity index (χ3v) is 2.51. The highest BCUT2D eigenvalue weighted by atomic mass is 19.1. The van der Waals surface area contributed by atoms with Crippen LogP contribution in [0.4, 0.5) is 9.18 Å². The lowest BCUT2D eigenvalue weighted by Crippen LogP contribution is -2.44. The van der Waals surface area contributed by atoms with Crippen LogP contribution in [0.25, 0.3) is 0 Å². The molecule has 0 aliphatic carbocycles. The van der Waals surface area contributed by atoms with Crippen LogP contribution in [0.5, 0.6) is 5.75 Å². The molecular weight excluding hydrogens is 263 g/mol. The number of carbonyl (C=O) groups is 1. The molecule has 112 valence electrons. The molecule has 1 aromatic carbocycles. The molecule has 0 fully saturated rings. The summed E-state index contributed by atoms with van der Waals surface area (Å²) in [7, 11) is 0. The van der Waals surface area contributed by atoms with Crippen molar-refractivity contribution in [2.24, 2.45) is 5.73 Å². The van der Waals surface area contributed by atoms with Gasteiger partial charge in [-0.3, -0.25) is 0 Å². The predicted molar refractivity (Wildman–Crippen MR) is 74.0 cm³/mol. The maximum Gasteiger partial charge on any atom is 0.407 e. The van der Waals surface area contributed by atoms with E-state index >= 15 is 0 Å². The van der Waals surface area contributed by atoms with Crippen molar-refractivity contribution in [2.75, 3.05) is 6.54 Å². The van der Waals surface area contributed by atoms with Gasteiger partial charge in [0.05, 0.1) is 0 Å². The first-order chi connectivity index (χ1) is 9.21. The molecule has 20 heavy (non-hydrogen) atoms. The topological polar surface area (TPSA) is 84.6 Å². The van der Waals surface area contributed by atoms with Gasteiger partial charge in [0.15, 0.2) is 0 Å². The molecule has 0 aliphatic rings. The van der Waals surface area contributed by atoms with Crippen LogP contribution in [-0.2, 0) is 11.2 Å². The number of nitrogens with one attached hydrogen (secondary N) is 1. The zero-order chi connectivity index (χ0) is 15.3. The van der Waals surface area contributed by atoms with Crippen molar-refractivity contribution < 1.29 is 19.0 Å². The van der Waals surface area contributed by atoms with Crippen molar-refractivity contribution in [1.29, 1.82) is 0 Å². The van der Waals surface area contributed by atoms with Crippen LogP contribution < -0.4 is 11.1 Å². The van der Waals surface area contributed by atoms with Gasteiger partial charge in [-0.25, -0.2) is 9.18 Å². The van der Waals surface area contributed by atoms with Crippen LogP contribution in [0.2, 0.25) is 0 Å². The Kier molecular flexibility index (Phi) is 5.33. The SMILES string of the molecule is CC(C)(C)OC(=O)NC(CN)Cc1cc(F)ccc1O. The Hall–Kier alpha value is -1.82. The van der Waals surface area contributed by atoms with Crippen molar-refractivity contribution in [3.05, 3.63) is 29.6 Å². The van der Waals surface area contributed by atoms with E-state index in [-0.39, 0.29) is 18.7 Å². The summed E-state index contributed by atoms with van der Waals surface area (Å²) in [4.78, 5) is 11.6. The number of aromatic hydroxyl groups is 1. The first kappa shape index (κ1) is 16.2. The molecule has 6 heteroatoms. The van der Waals surface area contributed by atoms with E-state index in [4.69, 9.17) is 10.5 Å². The molecule has 0 spiro atoms. The van der Waals surface area contributed by atoms with Crippen LogP contribution in [-0.4, -0.2) is 29.4 Å². The standard InChI is InChI=1S/C14H21FN2O3/c1-14(2,3)20-13(19)17-11(8-16)7-9-6-10(15)4-5-12(9)18/h4-6,11,18H,7-8,16H2,1-3H3,(H,17,19). The van der Waals surface area contributed by atoms with Crippen LogP contribution in [0.15, 0.2) is 18.2 Å². The van der Waals surface area contributed by atoms with Crippen LogP contribution in [0.3, 0.4) is 0 Å². The average molecular weight is 284 g/mol. The van der Waals surface area contributed by atoms with Gasteiger partial charge in [-0.1, -0.05) is 0 Å². The van der Waals surface area contributed by atoms with E-state index in [1.54, 1.807) is 20.8 Å². The number of alkyl carbamates (subject to hydrolysis) is 1. The van der Waals surface area contributed by atoms with E-state index < -0.39 is 23.6 Å². The van der Waals surface area contributed by atoms with Gasteiger partial charge < -0.3 is 20.9 Å². The van der Waals surface area contributed by atoms with E-state index in [1.807, 2.05) is 0 Å². The van der Waals surface area contributed by atoms with E-state index in [2.05, 4.69) is 5.32 Å². The molecule has 4 N–H and O–H groups in total. The van der Waals surface area contributed by atoms with Crippen molar-refractivity contribution in [3.8, 4) is 5.75 Å². The molecule has 0 aliphatic heterocycles. The fourth-order valence-corrected chi connectivity index (χ4v) is 1.65. The van der Waals surface area contributed by atoms with E-state index in [9.17, 15) is 14.3 Å². The van der Waals surface area contributed by atoms with Gasteiger partial charge in [0.25, 0.3) is 0 Å². The van der Waals surface area contributed by atoms with Crippen molar-refractivity contribution in [1.82, 2.24) is 5.32 Å². The number of rotatable bonds is 4. The lowest BCUT2D eigenvalue weighted by atomic mass is 10.0. The Bertz CT molecular complexity index is 472. The van der Waals surface area contributed by atoms with Crippen molar-refractivity contribution in [3.63, 3.8) is 0 Å². The molecule has 0 radical (unpaired) electrons.